The van der Waals surface area contributed by atoms with E-state index >= 15 is 0 Å². The highest BCUT2D eigenvalue weighted by molar-refractivity contribution is 7.99. The third-order valence-corrected chi connectivity index (χ3v) is 6.17. The minimum Gasteiger partial charge on any atom is -0.342 e. The third kappa shape index (κ3) is 6.69. The van der Waals surface area contributed by atoms with Gasteiger partial charge in [0.2, 0.25) is 11.1 Å². The van der Waals surface area contributed by atoms with Crippen molar-refractivity contribution in [1.29, 1.82) is 0 Å². The van der Waals surface area contributed by atoms with E-state index in [1.54, 1.807) is 18.2 Å². The van der Waals surface area contributed by atoms with Gasteiger partial charge in [-0.2, -0.15) is 0 Å². The van der Waals surface area contributed by atoms with Gasteiger partial charge in [0, 0.05) is 23.4 Å². The van der Waals surface area contributed by atoms with Gasteiger partial charge >= 0.3 is 0 Å². The summed E-state index contributed by atoms with van der Waals surface area (Å²) >= 11 is 12.9. The van der Waals surface area contributed by atoms with Crippen molar-refractivity contribution in [2.75, 3.05) is 11.1 Å². The van der Waals surface area contributed by atoms with Crippen molar-refractivity contribution in [3.05, 3.63) is 74.0 Å². The third-order valence-electron chi connectivity index (χ3n) is 4.58. The molecule has 1 atom stereocenters. The second-order valence-electron chi connectivity index (χ2n) is 7.47. The fraction of sp³-hybridized carbons (Fsp3) is 0.238. The number of H-pyrrole nitrogens is 1. The number of hydrogen-bond donors (Lipinski definition) is 3. The maximum Gasteiger partial charge on any atom is 0.270 e. The van der Waals surface area contributed by atoms with Crippen molar-refractivity contribution in [2.45, 2.75) is 25.0 Å². The summed E-state index contributed by atoms with van der Waals surface area (Å²) in [5.74, 6) is -0.375. The highest BCUT2D eigenvalue weighted by Crippen LogP contribution is 2.26. The molecule has 10 nitrogen and oxygen atoms in total. The second-order valence-corrected chi connectivity index (χ2v) is 9.23. The monoisotopic (exact) mass is 522 g/mol. The first-order chi connectivity index (χ1) is 16.1. The number of thioether (sulfide) groups is 1. The lowest BCUT2D eigenvalue weighted by Gasteiger charge is -2.19. The van der Waals surface area contributed by atoms with Gasteiger partial charge in [-0.3, -0.25) is 24.8 Å². The summed E-state index contributed by atoms with van der Waals surface area (Å²) < 4.78 is 0. The van der Waals surface area contributed by atoms with Gasteiger partial charge < -0.3 is 10.6 Å². The zero-order valence-electron chi connectivity index (χ0n) is 18.0. The first kappa shape index (κ1) is 25.5. The second kappa shape index (κ2) is 11.3. The van der Waals surface area contributed by atoms with E-state index in [0.29, 0.717) is 26.7 Å². The Hall–Kier alpha value is -3.15. The molecular weight excluding hydrogens is 503 g/mol. The van der Waals surface area contributed by atoms with Gasteiger partial charge in [-0.05, 0) is 30.2 Å². The van der Waals surface area contributed by atoms with E-state index < -0.39 is 16.9 Å². The molecule has 0 spiro atoms. The normalized spacial score (nSPS) is 11.8. The summed E-state index contributed by atoms with van der Waals surface area (Å²) in [5, 5.41) is 24.5. The highest BCUT2D eigenvalue weighted by atomic mass is 35.5. The number of carbonyl (C=O) groups excluding carboxylic acids is 2. The lowest BCUT2D eigenvalue weighted by atomic mass is 10.0. The topological polar surface area (TPSA) is 143 Å². The first-order valence-electron chi connectivity index (χ1n) is 9.99. The largest absolute Gasteiger partial charge is 0.342 e. The predicted molar refractivity (Wildman–Crippen MR) is 130 cm³/mol. The Morgan fingerprint density at radius 2 is 1.94 bits per heavy atom. The van der Waals surface area contributed by atoms with Crippen LogP contribution in [-0.4, -0.2) is 37.7 Å². The SMILES string of the molecule is CC(C)[C@@H](NC(=O)c1cccc([N+](=O)[O-])c1)c1nc(SCC(=O)Nc2ccc(Cl)c(Cl)c2)n[nH]1. The van der Waals surface area contributed by atoms with Gasteiger partial charge in [0.1, 0.15) is 5.82 Å². The number of hydrogen-bond acceptors (Lipinski definition) is 7. The van der Waals surface area contributed by atoms with E-state index in [1.165, 1.54) is 24.3 Å². The number of non-ortho nitro benzene ring substituents is 1. The zero-order valence-corrected chi connectivity index (χ0v) is 20.4. The lowest BCUT2D eigenvalue weighted by Crippen LogP contribution is -2.32. The van der Waals surface area contributed by atoms with Crippen LogP contribution in [0.15, 0.2) is 47.6 Å². The number of aromatic nitrogens is 3. The van der Waals surface area contributed by atoms with E-state index in [2.05, 4.69) is 25.8 Å². The van der Waals surface area contributed by atoms with Crippen LogP contribution in [-0.2, 0) is 4.79 Å². The highest BCUT2D eigenvalue weighted by Gasteiger charge is 2.24. The molecule has 0 saturated heterocycles. The molecule has 0 fully saturated rings. The minimum absolute atomic E-state index is 0.0456. The summed E-state index contributed by atoms with van der Waals surface area (Å²) in [7, 11) is 0. The van der Waals surface area contributed by atoms with Gasteiger partial charge in [0.25, 0.3) is 11.6 Å². The summed E-state index contributed by atoms with van der Waals surface area (Å²) in [6.07, 6.45) is 0. The van der Waals surface area contributed by atoms with Crippen LogP contribution in [0.2, 0.25) is 10.0 Å². The fourth-order valence-electron chi connectivity index (χ4n) is 2.90. The quantitative estimate of drug-likeness (QED) is 0.206. The summed E-state index contributed by atoms with van der Waals surface area (Å²) in [4.78, 5) is 39.7. The summed E-state index contributed by atoms with van der Waals surface area (Å²) in [5.41, 5.74) is 0.499. The molecule has 0 aliphatic rings. The maximum absolute atomic E-state index is 12.7. The molecule has 0 aliphatic heterocycles. The van der Waals surface area contributed by atoms with Crippen LogP contribution < -0.4 is 10.6 Å². The van der Waals surface area contributed by atoms with Crippen LogP contribution in [0.25, 0.3) is 0 Å². The lowest BCUT2D eigenvalue weighted by molar-refractivity contribution is -0.384. The molecule has 0 radical (unpaired) electrons. The molecule has 1 heterocycles. The van der Waals surface area contributed by atoms with E-state index in [9.17, 15) is 19.7 Å². The van der Waals surface area contributed by atoms with Crippen LogP contribution in [0.4, 0.5) is 11.4 Å². The summed E-state index contributed by atoms with van der Waals surface area (Å²) in [6.45, 7) is 3.77. The number of nitrogens with zero attached hydrogens (tertiary/aromatic N) is 3. The van der Waals surface area contributed by atoms with Gasteiger partial charge in [0.15, 0.2) is 0 Å². The Morgan fingerprint density at radius 1 is 1.18 bits per heavy atom. The Kier molecular flexibility index (Phi) is 8.48. The van der Waals surface area contributed by atoms with Gasteiger partial charge in [0.05, 0.1) is 26.8 Å². The Labute approximate surface area is 209 Å². The molecule has 2 aromatic carbocycles. The molecule has 3 N–H and O–H groups in total. The zero-order chi connectivity index (χ0) is 24.8. The number of carbonyl (C=O) groups is 2. The molecule has 0 bridgehead atoms. The molecular formula is C21H20Cl2N6O4S. The number of nitro benzene ring substituents is 1. The van der Waals surface area contributed by atoms with Crippen molar-refractivity contribution >= 4 is 58.2 Å². The van der Waals surface area contributed by atoms with E-state index in [0.717, 1.165) is 11.8 Å². The standard InChI is InChI=1S/C21H20Cl2N6O4S/c1-11(2)18(25-20(31)12-4-3-5-14(8-12)29(32)33)19-26-21(28-27-19)34-10-17(30)24-13-6-7-15(22)16(23)9-13/h3-9,11,18H,10H2,1-2H3,(H,24,30)(H,25,31)(H,26,27,28)/t18-/m1/s1. The average molecular weight is 523 g/mol. The Morgan fingerprint density at radius 3 is 2.62 bits per heavy atom. The number of amides is 2. The number of rotatable bonds is 9. The van der Waals surface area contributed by atoms with Gasteiger partial charge in [-0.1, -0.05) is 54.9 Å². The summed E-state index contributed by atoms with van der Waals surface area (Å²) in [6, 6.07) is 9.71. The number of aromatic amines is 1. The van der Waals surface area contributed by atoms with Crippen LogP contribution in [0.3, 0.4) is 0 Å². The number of benzene rings is 2. The Bertz CT molecular complexity index is 1220. The average Bonchev–Trinajstić information content (AvgIpc) is 3.27. The molecule has 0 aliphatic carbocycles. The van der Waals surface area contributed by atoms with Crippen LogP contribution in [0.1, 0.15) is 36.1 Å². The van der Waals surface area contributed by atoms with E-state index in [-0.39, 0.29) is 28.8 Å². The maximum atomic E-state index is 12.7. The predicted octanol–water partition coefficient (Wildman–Crippen LogP) is 4.88. The molecule has 2 amide bonds. The molecule has 0 unspecified atom stereocenters. The van der Waals surface area contributed by atoms with Crippen molar-refractivity contribution in [3.63, 3.8) is 0 Å². The molecule has 0 saturated carbocycles. The van der Waals surface area contributed by atoms with E-state index in [4.69, 9.17) is 23.2 Å². The molecule has 178 valence electrons. The molecule has 3 rings (SSSR count). The molecule has 13 heteroatoms. The van der Waals surface area contributed by atoms with Gasteiger partial charge in [-0.25, -0.2) is 4.98 Å². The first-order valence-corrected chi connectivity index (χ1v) is 11.7. The molecule has 1 aromatic heterocycles. The van der Waals surface area contributed by atoms with Crippen molar-refractivity contribution in [1.82, 2.24) is 20.5 Å². The van der Waals surface area contributed by atoms with E-state index in [1.807, 2.05) is 13.8 Å². The molecule has 3 aromatic rings. The number of nitro groups is 1. The fourth-order valence-corrected chi connectivity index (χ4v) is 3.80. The van der Waals surface area contributed by atoms with Crippen LogP contribution in [0.5, 0.6) is 0 Å². The van der Waals surface area contributed by atoms with Gasteiger partial charge in [-0.15, -0.1) is 5.10 Å². The van der Waals surface area contributed by atoms with Crippen molar-refractivity contribution < 1.29 is 14.5 Å². The number of anilines is 1. The van der Waals surface area contributed by atoms with Crippen LogP contribution >= 0.6 is 35.0 Å². The number of halogens is 2. The van der Waals surface area contributed by atoms with Crippen LogP contribution in [0, 0.1) is 16.0 Å². The molecule has 34 heavy (non-hydrogen) atoms. The smallest absolute Gasteiger partial charge is 0.270 e. The minimum atomic E-state index is -0.561. The van der Waals surface area contributed by atoms with Crippen molar-refractivity contribution in [3.8, 4) is 0 Å². The van der Waals surface area contributed by atoms with Crippen molar-refractivity contribution in [2.24, 2.45) is 5.92 Å². The Balaban J connectivity index is 1.62. The number of nitrogens with one attached hydrogen (secondary N) is 3.